The van der Waals surface area contributed by atoms with Gasteiger partial charge < -0.3 is 10.2 Å². The first kappa shape index (κ1) is 38.1. The molecule has 0 heterocycles. The highest BCUT2D eigenvalue weighted by molar-refractivity contribution is 5.73. The van der Waals surface area contributed by atoms with Gasteiger partial charge in [-0.2, -0.15) is 0 Å². The van der Waals surface area contributed by atoms with Gasteiger partial charge in [0.05, 0.1) is 0 Å². The minimum Gasteiger partial charge on any atom is -0.507 e. The molecule has 4 aliphatic carbocycles. The van der Waals surface area contributed by atoms with Crippen molar-refractivity contribution in [1.29, 1.82) is 0 Å². The monoisotopic (exact) mass is 782 g/mol. The molecule has 0 saturated heterocycles. The number of fused-ring (bicyclic) bond motifs is 4. The van der Waals surface area contributed by atoms with Crippen LogP contribution in [0, 0.1) is 0 Å². The third kappa shape index (κ3) is 6.96. The molecule has 6 aromatic rings. The number of rotatable bonds is 14. The molecule has 60 heavy (non-hydrogen) atoms. The summed E-state index contributed by atoms with van der Waals surface area (Å²) in [4.78, 5) is 0. The van der Waals surface area contributed by atoms with Crippen molar-refractivity contribution in [1.82, 2.24) is 0 Å². The zero-order valence-corrected chi connectivity index (χ0v) is 34.6. The summed E-state index contributed by atoms with van der Waals surface area (Å²) in [7, 11) is 0. The van der Waals surface area contributed by atoms with Crippen molar-refractivity contribution in [3.05, 3.63) is 224 Å². The normalized spacial score (nSPS) is 19.4. The number of aromatic hydroxyl groups is 2. The maximum absolute atomic E-state index is 12.5. The minimum atomic E-state index is -0.0501. The van der Waals surface area contributed by atoms with Crippen LogP contribution in [0.3, 0.4) is 0 Å². The van der Waals surface area contributed by atoms with Gasteiger partial charge in [-0.3, -0.25) is 0 Å². The number of benzene rings is 6. The molecule has 0 amide bonds. The van der Waals surface area contributed by atoms with Gasteiger partial charge in [0.15, 0.2) is 0 Å². The molecule has 4 aliphatic rings. The predicted octanol–water partition coefficient (Wildman–Crippen LogP) is 15.0. The highest BCUT2D eigenvalue weighted by atomic mass is 16.3. The Kier molecular flexibility index (Phi) is 10.5. The van der Waals surface area contributed by atoms with Crippen LogP contribution in [0.15, 0.2) is 146 Å². The summed E-state index contributed by atoms with van der Waals surface area (Å²) in [6.45, 7) is 2.28. The Bertz CT molecular complexity index is 2350. The molecule has 0 aliphatic heterocycles. The van der Waals surface area contributed by atoms with Crippen molar-refractivity contribution < 1.29 is 10.2 Å². The molecule has 6 aromatic carbocycles. The Labute approximate surface area is 356 Å². The third-order valence-corrected chi connectivity index (χ3v) is 13.8. The number of phenolic OH excluding ortho intramolecular Hbond substituents is 2. The second kappa shape index (κ2) is 16.5. The second-order valence-electron chi connectivity index (χ2n) is 17.4. The summed E-state index contributed by atoms with van der Waals surface area (Å²) in [5.74, 6) is 0.616. The number of hydrogen-bond donors (Lipinski definition) is 2. The smallest absolute Gasteiger partial charge is 0.123 e. The van der Waals surface area contributed by atoms with Gasteiger partial charge in [0.2, 0.25) is 0 Å². The average molecular weight is 783 g/mol. The van der Waals surface area contributed by atoms with E-state index in [9.17, 15) is 10.2 Å². The number of unbranched alkanes of at least 4 members (excludes halogenated alkanes) is 6. The molecule has 2 heteroatoms. The SMILES string of the molecule is CCCCCCCCCC(c1cc(C2C=Cc3ccccc32)c(O)c(C2C=Cc3ccccc32)c1)c1cc(C2C=Cc3ccccc32)c(O)c(C2C=Cc3ccccc32)c1. The number of phenols is 2. The van der Waals surface area contributed by atoms with Crippen LogP contribution in [0.5, 0.6) is 11.5 Å². The quantitative estimate of drug-likeness (QED) is 0.108. The zero-order chi connectivity index (χ0) is 40.6. The third-order valence-electron chi connectivity index (χ3n) is 13.8. The first-order valence-electron chi connectivity index (χ1n) is 22.4. The Morgan fingerprint density at radius 3 is 1.02 bits per heavy atom. The van der Waals surface area contributed by atoms with Crippen LogP contribution in [0.2, 0.25) is 0 Å². The van der Waals surface area contributed by atoms with Gasteiger partial charge in [0, 0.05) is 51.8 Å². The van der Waals surface area contributed by atoms with Crippen molar-refractivity contribution in [3.63, 3.8) is 0 Å². The summed E-state index contributed by atoms with van der Waals surface area (Å²) in [5.41, 5.74) is 16.1. The summed E-state index contributed by atoms with van der Waals surface area (Å²) >= 11 is 0. The Morgan fingerprint density at radius 1 is 0.383 bits per heavy atom. The minimum absolute atomic E-state index is 0.0411. The van der Waals surface area contributed by atoms with E-state index in [-0.39, 0.29) is 29.6 Å². The van der Waals surface area contributed by atoms with E-state index in [4.69, 9.17) is 0 Å². The Balaban J connectivity index is 1.16. The van der Waals surface area contributed by atoms with Crippen molar-refractivity contribution in [3.8, 4) is 11.5 Å². The maximum atomic E-state index is 12.5. The van der Waals surface area contributed by atoms with Crippen LogP contribution in [-0.2, 0) is 0 Å². The standard InChI is InChI=1S/C58H54O2/c1-2-3-4-5-6-7-8-21-44(42-34-53(49-30-26-38-17-9-13-22-45(38)49)57(59)54(35-42)50-31-27-39-18-10-14-23-46(39)50)43-36-55(51-32-28-40-19-11-15-24-47(40)51)58(60)56(37-43)52-33-29-41-20-12-16-25-48(41)52/h9-20,22-37,44,49-52,59-60H,2-8,21H2,1H3. The fourth-order valence-corrected chi connectivity index (χ4v) is 10.7. The van der Waals surface area contributed by atoms with Crippen molar-refractivity contribution >= 4 is 24.3 Å². The van der Waals surface area contributed by atoms with E-state index in [1.807, 2.05) is 0 Å². The van der Waals surface area contributed by atoms with E-state index in [1.54, 1.807) is 0 Å². The van der Waals surface area contributed by atoms with E-state index < -0.39 is 0 Å². The molecule has 4 atom stereocenters. The van der Waals surface area contributed by atoms with E-state index in [1.165, 1.54) is 94.2 Å². The van der Waals surface area contributed by atoms with Gasteiger partial charge >= 0.3 is 0 Å². The predicted molar refractivity (Wildman–Crippen MR) is 250 cm³/mol. The van der Waals surface area contributed by atoms with E-state index in [0.717, 1.165) is 35.1 Å². The van der Waals surface area contributed by atoms with Crippen molar-refractivity contribution in [2.45, 2.75) is 87.9 Å². The summed E-state index contributed by atoms with van der Waals surface area (Å²) in [6.07, 6.45) is 27.6. The van der Waals surface area contributed by atoms with Gasteiger partial charge in [0.25, 0.3) is 0 Å². The Hall–Kier alpha value is -6.12. The lowest BCUT2D eigenvalue weighted by Crippen LogP contribution is -2.10. The van der Waals surface area contributed by atoms with E-state index in [0.29, 0.717) is 11.5 Å². The first-order valence-corrected chi connectivity index (χ1v) is 22.4. The van der Waals surface area contributed by atoms with Crippen LogP contribution in [0.25, 0.3) is 24.3 Å². The molecule has 2 nitrogen and oxygen atoms in total. The van der Waals surface area contributed by atoms with Gasteiger partial charge in [-0.15, -0.1) is 0 Å². The van der Waals surface area contributed by atoms with E-state index >= 15 is 0 Å². The molecule has 0 aromatic heterocycles. The van der Waals surface area contributed by atoms with Gasteiger partial charge in [-0.1, -0.05) is 222 Å². The van der Waals surface area contributed by atoms with Gasteiger partial charge in [0.1, 0.15) is 11.5 Å². The van der Waals surface area contributed by atoms with Crippen LogP contribution >= 0.6 is 0 Å². The molecule has 0 saturated carbocycles. The molecule has 4 unspecified atom stereocenters. The highest BCUT2D eigenvalue weighted by Crippen LogP contribution is 2.51. The largest absolute Gasteiger partial charge is 0.507 e. The molecule has 0 spiro atoms. The molecule has 0 bridgehead atoms. The van der Waals surface area contributed by atoms with Crippen LogP contribution in [-0.4, -0.2) is 10.2 Å². The van der Waals surface area contributed by atoms with Crippen molar-refractivity contribution in [2.75, 3.05) is 0 Å². The topological polar surface area (TPSA) is 40.5 Å². The lowest BCUT2D eigenvalue weighted by atomic mass is 9.77. The van der Waals surface area contributed by atoms with Gasteiger partial charge in [-0.25, -0.2) is 0 Å². The maximum Gasteiger partial charge on any atom is 0.123 e. The number of hydrogen-bond acceptors (Lipinski definition) is 2. The second-order valence-corrected chi connectivity index (χ2v) is 17.4. The molecular formula is C58H54O2. The Morgan fingerprint density at radius 2 is 0.683 bits per heavy atom. The molecular weight excluding hydrogens is 729 g/mol. The van der Waals surface area contributed by atoms with Crippen LogP contribution < -0.4 is 0 Å². The van der Waals surface area contributed by atoms with E-state index in [2.05, 4.69) is 177 Å². The molecule has 10 rings (SSSR count). The fraction of sp³-hybridized carbons (Fsp3) is 0.241. The lowest BCUT2D eigenvalue weighted by molar-refractivity contribution is 0.459. The highest BCUT2D eigenvalue weighted by Gasteiger charge is 2.33. The average Bonchev–Trinajstić information content (AvgIpc) is 4.10. The van der Waals surface area contributed by atoms with Crippen LogP contribution in [0.4, 0.5) is 0 Å². The summed E-state index contributed by atoms with van der Waals surface area (Å²) in [6, 6.07) is 43.7. The first-order chi connectivity index (χ1) is 29.6. The van der Waals surface area contributed by atoms with Crippen molar-refractivity contribution in [2.24, 2.45) is 0 Å². The molecule has 298 valence electrons. The molecule has 0 radical (unpaired) electrons. The lowest BCUT2D eigenvalue weighted by Gasteiger charge is -2.27. The molecule has 2 N–H and O–H groups in total. The zero-order valence-electron chi connectivity index (χ0n) is 34.6. The summed E-state index contributed by atoms with van der Waals surface area (Å²) in [5, 5.41) is 25.1. The fourth-order valence-electron chi connectivity index (χ4n) is 10.7. The van der Waals surface area contributed by atoms with Crippen LogP contribution in [0.1, 0.15) is 166 Å². The number of allylic oxidation sites excluding steroid dienone is 4. The van der Waals surface area contributed by atoms with Gasteiger partial charge in [-0.05, 0) is 62.1 Å². The summed E-state index contributed by atoms with van der Waals surface area (Å²) < 4.78 is 0. The molecule has 0 fully saturated rings.